The number of hydrogen-bond donors (Lipinski definition) is 1. The van der Waals surface area contributed by atoms with Crippen LogP contribution in [0.15, 0.2) is 47.5 Å². The highest BCUT2D eigenvalue weighted by molar-refractivity contribution is 5.84. The van der Waals surface area contributed by atoms with E-state index in [1.54, 1.807) is 12.1 Å². The van der Waals surface area contributed by atoms with Crippen LogP contribution in [0.5, 0.6) is 5.75 Å². The van der Waals surface area contributed by atoms with Crippen molar-refractivity contribution in [1.82, 2.24) is 0 Å². The molecule has 0 radical (unpaired) electrons. The fourth-order valence-corrected chi connectivity index (χ4v) is 4.25. The van der Waals surface area contributed by atoms with Gasteiger partial charge in [-0.05, 0) is 75.4 Å². The van der Waals surface area contributed by atoms with Gasteiger partial charge in [-0.3, -0.25) is 4.99 Å². The lowest BCUT2D eigenvalue weighted by Crippen LogP contribution is -2.51. The highest BCUT2D eigenvalue weighted by atomic mass is 16.3. The van der Waals surface area contributed by atoms with Crippen molar-refractivity contribution in [2.75, 3.05) is 4.90 Å². The van der Waals surface area contributed by atoms with E-state index in [1.807, 2.05) is 18.3 Å². The maximum atomic E-state index is 9.86. The Morgan fingerprint density at radius 1 is 1.20 bits per heavy atom. The second kappa shape index (κ2) is 6.55. The molecule has 0 unspecified atom stereocenters. The molecule has 1 aliphatic heterocycles. The molecule has 3 rings (SSSR count). The van der Waals surface area contributed by atoms with E-state index >= 15 is 0 Å². The van der Waals surface area contributed by atoms with Gasteiger partial charge in [-0.2, -0.15) is 0 Å². The van der Waals surface area contributed by atoms with Gasteiger partial charge in [-0.1, -0.05) is 25.1 Å². The maximum absolute atomic E-state index is 9.86. The molecule has 0 amide bonds. The summed E-state index contributed by atoms with van der Waals surface area (Å²) in [6.07, 6.45) is 2.97. The quantitative estimate of drug-likeness (QED) is 0.736. The third-order valence-electron chi connectivity index (χ3n) is 5.05. The number of phenols is 1. The lowest BCUT2D eigenvalue weighted by atomic mass is 9.79. The summed E-state index contributed by atoms with van der Waals surface area (Å²) in [6, 6.07) is 14.2. The second-order valence-electron chi connectivity index (χ2n) is 7.95. The highest BCUT2D eigenvalue weighted by Gasteiger charge is 2.37. The molecule has 2 aromatic rings. The summed E-state index contributed by atoms with van der Waals surface area (Å²) < 4.78 is 0. The Balaban J connectivity index is 1.97. The van der Waals surface area contributed by atoms with Crippen LogP contribution in [0.2, 0.25) is 0 Å². The molecule has 2 aromatic carbocycles. The predicted octanol–water partition coefficient (Wildman–Crippen LogP) is 5.64. The third kappa shape index (κ3) is 3.41. The minimum atomic E-state index is 0.159. The molecule has 3 nitrogen and oxygen atoms in total. The monoisotopic (exact) mass is 336 g/mol. The molecule has 1 heterocycles. The zero-order chi connectivity index (χ0) is 18.2. The van der Waals surface area contributed by atoms with Gasteiger partial charge in [0.05, 0.1) is 0 Å². The molecule has 0 saturated heterocycles. The zero-order valence-electron chi connectivity index (χ0n) is 15.8. The molecule has 0 aromatic heterocycles. The van der Waals surface area contributed by atoms with Gasteiger partial charge in [-0.25, -0.2) is 0 Å². The van der Waals surface area contributed by atoms with Crippen LogP contribution in [0.1, 0.15) is 58.1 Å². The Labute approximate surface area is 151 Å². The molecule has 132 valence electrons. The van der Waals surface area contributed by atoms with Gasteiger partial charge in [0.1, 0.15) is 11.4 Å². The number of hydrogen-bond acceptors (Lipinski definition) is 3. The SMILES string of the molecule is CC(C)N1c2ccc(C=Nc3ccccc3O)cc2[C@@H](C)CC1(C)C. The normalized spacial score (nSPS) is 19.4. The average molecular weight is 336 g/mol. The molecule has 3 heteroatoms. The Bertz CT molecular complexity index is 792. The van der Waals surface area contributed by atoms with E-state index in [9.17, 15) is 5.11 Å². The summed E-state index contributed by atoms with van der Waals surface area (Å²) in [5.41, 5.74) is 4.54. The molecule has 0 fully saturated rings. The lowest BCUT2D eigenvalue weighted by Gasteiger charge is -2.50. The Hall–Kier alpha value is -2.29. The van der Waals surface area contributed by atoms with Gasteiger partial charge >= 0.3 is 0 Å². The average Bonchev–Trinajstić information content (AvgIpc) is 2.53. The van der Waals surface area contributed by atoms with E-state index < -0.39 is 0 Å². The molecule has 1 atom stereocenters. The first-order chi connectivity index (χ1) is 11.8. The van der Waals surface area contributed by atoms with Crippen molar-refractivity contribution in [1.29, 1.82) is 0 Å². The number of phenolic OH excluding ortho intramolecular Hbond substituents is 1. The molecule has 0 aliphatic carbocycles. The predicted molar refractivity (Wildman–Crippen MR) is 107 cm³/mol. The Kier molecular flexibility index (Phi) is 4.59. The van der Waals surface area contributed by atoms with Crippen molar-refractivity contribution in [2.24, 2.45) is 4.99 Å². The summed E-state index contributed by atoms with van der Waals surface area (Å²) in [4.78, 5) is 6.98. The summed E-state index contributed by atoms with van der Waals surface area (Å²) in [5, 5.41) is 9.86. The van der Waals surface area contributed by atoms with Crippen molar-refractivity contribution < 1.29 is 5.11 Å². The van der Waals surface area contributed by atoms with E-state index in [4.69, 9.17) is 0 Å². The minimum Gasteiger partial charge on any atom is -0.506 e. The molecular weight excluding hydrogens is 308 g/mol. The number of benzene rings is 2. The van der Waals surface area contributed by atoms with Gasteiger partial charge in [-0.15, -0.1) is 0 Å². The maximum Gasteiger partial charge on any atom is 0.141 e. The van der Waals surface area contributed by atoms with Crippen LogP contribution in [0, 0.1) is 0 Å². The lowest BCUT2D eigenvalue weighted by molar-refractivity contribution is 0.356. The number of anilines is 1. The first kappa shape index (κ1) is 17.5. The van der Waals surface area contributed by atoms with Crippen LogP contribution in [-0.2, 0) is 0 Å². The van der Waals surface area contributed by atoms with Crippen LogP contribution in [0.4, 0.5) is 11.4 Å². The van der Waals surface area contributed by atoms with E-state index in [0.29, 0.717) is 17.6 Å². The van der Waals surface area contributed by atoms with Crippen molar-refractivity contribution >= 4 is 17.6 Å². The number of para-hydroxylation sites is 2. The minimum absolute atomic E-state index is 0.159. The number of fused-ring (bicyclic) bond motifs is 1. The molecule has 0 bridgehead atoms. The summed E-state index contributed by atoms with van der Waals surface area (Å²) in [7, 11) is 0. The van der Waals surface area contributed by atoms with Gasteiger partial charge in [0, 0.05) is 23.5 Å². The molecule has 1 aliphatic rings. The zero-order valence-corrected chi connectivity index (χ0v) is 15.8. The van der Waals surface area contributed by atoms with E-state index in [-0.39, 0.29) is 11.3 Å². The standard InChI is InChI=1S/C22H28N2O/c1-15(2)24-20-11-10-17(12-18(20)16(3)13-22(24,4)5)14-23-19-8-6-7-9-21(19)25/h6-12,14-16,25H,13H2,1-5H3/t16-/m0/s1. The topological polar surface area (TPSA) is 35.8 Å². The number of nitrogens with zero attached hydrogens (tertiary/aromatic N) is 2. The van der Waals surface area contributed by atoms with E-state index in [1.165, 1.54) is 11.3 Å². The van der Waals surface area contributed by atoms with Crippen molar-refractivity contribution in [3.63, 3.8) is 0 Å². The van der Waals surface area contributed by atoms with Gasteiger partial charge in [0.25, 0.3) is 0 Å². The first-order valence-electron chi connectivity index (χ1n) is 9.05. The molecule has 0 saturated carbocycles. The van der Waals surface area contributed by atoms with Gasteiger partial charge in [0.15, 0.2) is 0 Å². The second-order valence-corrected chi connectivity index (χ2v) is 7.95. The van der Waals surface area contributed by atoms with E-state index in [2.05, 4.69) is 62.7 Å². The van der Waals surface area contributed by atoms with E-state index in [0.717, 1.165) is 12.0 Å². The fourth-order valence-electron chi connectivity index (χ4n) is 4.25. The third-order valence-corrected chi connectivity index (χ3v) is 5.05. The highest BCUT2D eigenvalue weighted by Crippen LogP contribution is 2.44. The largest absolute Gasteiger partial charge is 0.506 e. The Morgan fingerprint density at radius 2 is 1.92 bits per heavy atom. The fraction of sp³-hybridized carbons (Fsp3) is 0.409. The molecule has 1 N–H and O–H groups in total. The Morgan fingerprint density at radius 3 is 2.60 bits per heavy atom. The number of aliphatic imine (C=N–C) groups is 1. The van der Waals surface area contributed by atoms with Crippen LogP contribution in [0.3, 0.4) is 0 Å². The van der Waals surface area contributed by atoms with Crippen molar-refractivity contribution in [2.45, 2.75) is 58.5 Å². The van der Waals surface area contributed by atoms with Crippen LogP contribution in [-0.4, -0.2) is 22.9 Å². The van der Waals surface area contributed by atoms with Crippen LogP contribution < -0.4 is 4.90 Å². The molecule has 25 heavy (non-hydrogen) atoms. The summed E-state index contributed by atoms with van der Waals surface area (Å²) >= 11 is 0. The van der Waals surface area contributed by atoms with Gasteiger partial charge in [0.2, 0.25) is 0 Å². The van der Waals surface area contributed by atoms with Crippen molar-refractivity contribution in [3.05, 3.63) is 53.6 Å². The van der Waals surface area contributed by atoms with Crippen LogP contribution in [0.25, 0.3) is 0 Å². The van der Waals surface area contributed by atoms with Crippen LogP contribution >= 0.6 is 0 Å². The summed E-state index contributed by atoms with van der Waals surface area (Å²) in [5.74, 6) is 0.719. The van der Waals surface area contributed by atoms with Gasteiger partial charge < -0.3 is 10.0 Å². The number of rotatable bonds is 3. The number of aromatic hydroxyl groups is 1. The smallest absolute Gasteiger partial charge is 0.141 e. The summed E-state index contributed by atoms with van der Waals surface area (Å²) in [6.45, 7) is 11.5. The molecule has 0 spiro atoms. The van der Waals surface area contributed by atoms with Crippen molar-refractivity contribution in [3.8, 4) is 5.75 Å². The first-order valence-corrected chi connectivity index (χ1v) is 9.05. The molecular formula is C22H28N2O.